The van der Waals surface area contributed by atoms with Gasteiger partial charge in [-0.1, -0.05) is 56.9 Å². The Hall–Kier alpha value is -1.13. The molecule has 25 heavy (non-hydrogen) atoms. The average molecular weight is 353 g/mol. The van der Waals surface area contributed by atoms with Crippen LogP contribution in [0.1, 0.15) is 77.6 Å². The van der Waals surface area contributed by atoms with Crippen LogP contribution in [0.5, 0.6) is 0 Å². The molecule has 0 aromatic heterocycles. The Morgan fingerprint density at radius 3 is 2.68 bits per heavy atom. The van der Waals surface area contributed by atoms with E-state index in [0.29, 0.717) is 12.3 Å². The Kier molecular flexibility index (Phi) is 11.5. The first kappa shape index (κ1) is 21.9. The lowest BCUT2D eigenvalue weighted by molar-refractivity contribution is -0.137. The van der Waals surface area contributed by atoms with E-state index in [1.165, 1.54) is 19.3 Å². The number of aliphatic hydroxyl groups excluding tert-OH is 2. The van der Waals surface area contributed by atoms with Crippen molar-refractivity contribution in [1.82, 2.24) is 0 Å². The molecule has 1 rings (SSSR count). The van der Waals surface area contributed by atoms with Crippen LogP contribution in [0.25, 0.3) is 0 Å². The van der Waals surface area contributed by atoms with Gasteiger partial charge in [-0.2, -0.15) is 0 Å². The smallest absolute Gasteiger partial charge is 0.303 e. The van der Waals surface area contributed by atoms with Gasteiger partial charge in [0.1, 0.15) is 0 Å². The third kappa shape index (κ3) is 9.81. The fourth-order valence-corrected chi connectivity index (χ4v) is 3.54. The molecule has 3 N–H and O–H groups in total. The average Bonchev–Trinajstić information content (AvgIpc) is 2.93. The van der Waals surface area contributed by atoms with Crippen LogP contribution < -0.4 is 0 Å². The number of rotatable bonds is 13. The SMILES string of the molecule is CCCCCCC(O)C=CC1CCC(O)C1CC=CCCCC(=O)O. The van der Waals surface area contributed by atoms with Gasteiger partial charge in [0.2, 0.25) is 0 Å². The predicted octanol–water partition coefficient (Wildman–Crippen LogP) is 4.46. The largest absolute Gasteiger partial charge is 0.481 e. The zero-order chi connectivity index (χ0) is 18.5. The Morgan fingerprint density at radius 2 is 1.96 bits per heavy atom. The predicted molar refractivity (Wildman–Crippen MR) is 101 cm³/mol. The molecular weight excluding hydrogens is 316 g/mol. The van der Waals surface area contributed by atoms with Gasteiger partial charge >= 0.3 is 5.97 Å². The van der Waals surface area contributed by atoms with E-state index in [1.54, 1.807) is 0 Å². The molecule has 4 unspecified atom stereocenters. The summed E-state index contributed by atoms with van der Waals surface area (Å²) in [5.74, 6) is -0.221. The monoisotopic (exact) mass is 352 g/mol. The summed E-state index contributed by atoms with van der Waals surface area (Å²) in [6.07, 6.45) is 17.2. The van der Waals surface area contributed by atoms with E-state index in [4.69, 9.17) is 5.11 Å². The lowest BCUT2D eigenvalue weighted by Crippen LogP contribution is -2.17. The third-order valence-electron chi connectivity index (χ3n) is 5.11. The van der Waals surface area contributed by atoms with Crippen LogP contribution in [0.3, 0.4) is 0 Å². The van der Waals surface area contributed by atoms with Crippen LogP contribution in [-0.4, -0.2) is 33.5 Å². The number of unbranched alkanes of at least 4 members (excludes halogenated alkanes) is 4. The number of carboxylic acid groups (broad SMARTS) is 1. The summed E-state index contributed by atoms with van der Waals surface area (Å²) in [4.78, 5) is 10.5. The number of aliphatic hydroxyl groups is 2. The molecule has 4 atom stereocenters. The van der Waals surface area contributed by atoms with Gasteiger partial charge in [0, 0.05) is 6.42 Å². The topological polar surface area (TPSA) is 77.8 Å². The van der Waals surface area contributed by atoms with Crippen molar-refractivity contribution >= 4 is 5.97 Å². The van der Waals surface area contributed by atoms with Crippen LogP contribution >= 0.6 is 0 Å². The normalized spacial score (nSPS) is 25.2. The molecule has 0 amide bonds. The van der Waals surface area contributed by atoms with Crippen molar-refractivity contribution in [3.05, 3.63) is 24.3 Å². The Balaban J connectivity index is 2.33. The molecule has 1 saturated carbocycles. The molecule has 0 spiro atoms. The molecule has 4 heteroatoms. The van der Waals surface area contributed by atoms with Crippen LogP contribution in [0.2, 0.25) is 0 Å². The minimum absolute atomic E-state index is 0.206. The molecule has 0 radical (unpaired) electrons. The maximum atomic E-state index is 10.5. The molecule has 4 nitrogen and oxygen atoms in total. The first-order valence-electron chi connectivity index (χ1n) is 9.95. The molecule has 0 aromatic rings. The number of aliphatic carboxylic acids is 1. The maximum absolute atomic E-state index is 10.5. The van der Waals surface area contributed by atoms with Crippen LogP contribution in [0.15, 0.2) is 24.3 Å². The minimum atomic E-state index is -0.752. The minimum Gasteiger partial charge on any atom is -0.481 e. The van der Waals surface area contributed by atoms with Crippen molar-refractivity contribution in [3.63, 3.8) is 0 Å². The maximum Gasteiger partial charge on any atom is 0.303 e. The zero-order valence-corrected chi connectivity index (χ0v) is 15.6. The second kappa shape index (κ2) is 13.1. The molecule has 144 valence electrons. The second-order valence-corrected chi connectivity index (χ2v) is 7.27. The summed E-state index contributed by atoms with van der Waals surface area (Å²) in [5.41, 5.74) is 0. The summed E-state index contributed by atoms with van der Waals surface area (Å²) in [6, 6.07) is 0. The van der Waals surface area contributed by atoms with Crippen LogP contribution in [0.4, 0.5) is 0 Å². The van der Waals surface area contributed by atoms with Crippen LogP contribution in [0, 0.1) is 11.8 Å². The number of carboxylic acids is 1. The zero-order valence-electron chi connectivity index (χ0n) is 15.6. The van der Waals surface area contributed by atoms with Crippen molar-refractivity contribution in [2.24, 2.45) is 11.8 Å². The first-order valence-corrected chi connectivity index (χ1v) is 9.95. The van der Waals surface area contributed by atoms with Gasteiger partial charge in [-0.05, 0) is 50.4 Å². The molecule has 0 aromatic carbocycles. The quantitative estimate of drug-likeness (QED) is 0.338. The Bertz CT molecular complexity index is 416. The molecular formula is C21H36O4. The fourth-order valence-electron chi connectivity index (χ4n) is 3.54. The summed E-state index contributed by atoms with van der Waals surface area (Å²) in [6.45, 7) is 2.18. The Morgan fingerprint density at radius 1 is 1.16 bits per heavy atom. The number of hydrogen-bond donors (Lipinski definition) is 3. The van der Waals surface area contributed by atoms with E-state index in [0.717, 1.165) is 38.5 Å². The first-order chi connectivity index (χ1) is 12.0. The molecule has 1 fully saturated rings. The van der Waals surface area contributed by atoms with E-state index in [9.17, 15) is 15.0 Å². The van der Waals surface area contributed by atoms with Gasteiger partial charge in [-0.25, -0.2) is 0 Å². The lowest BCUT2D eigenvalue weighted by Gasteiger charge is -2.18. The van der Waals surface area contributed by atoms with E-state index >= 15 is 0 Å². The molecule has 1 aliphatic rings. The lowest BCUT2D eigenvalue weighted by atomic mass is 9.90. The Labute approximate surface area is 152 Å². The third-order valence-corrected chi connectivity index (χ3v) is 5.11. The molecule has 0 heterocycles. The van der Waals surface area contributed by atoms with Crippen molar-refractivity contribution < 1.29 is 20.1 Å². The second-order valence-electron chi connectivity index (χ2n) is 7.27. The van der Waals surface area contributed by atoms with Gasteiger partial charge in [-0.3, -0.25) is 4.79 Å². The number of hydrogen-bond acceptors (Lipinski definition) is 3. The van der Waals surface area contributed by atoms with Crippen molar-refractivity contribution in [2.75, 3.05) is 0 Å². The number of carbonyl (C=O) groups is 1. The standard InChI is InChI=1S/C21H36O4/c1-2-3-4-7-10-18(22)15-13-17-14-16-20(23)19(17)11-8-5-6-9-12-21(24)25/h5,8,13,15,17-20,22-23H,2-4,6-7,9-12,14,16H2,1H3,(H,24,25). The highest BCUT2D eigenvalue weighted by atomic mass is 16.4. The summed E-state index contributed by atoms with van der Waals surface area (Å²) >= 11 is 0. The van der Waals surface area contributed by atoms with Gasteiger partial charge in [0.25, 0.3) is 0 Å². The number of allylic oxidation sites excluding steroid dienone is 3. The summed E-state index contributed by atoms with van der Waals surface area (Å²) < 4.78 is 0. The fraction of sp³-hybridized carbons (Fsp3) is 0.762. The highest BCUT2D eigenvalue weighted by Gasteiger charge is 2.32. The van der Waals surface area contributed by atoms with E-state index in [2.05, 4.69) is 19.1 Å². The van der Waals surface area contributed by atoms with Crippen molar-refractivity contribution in [1.29, 1.82) is 0 Å². The molecule has 0 saturated heterocycles. The van der Waals surface area contributed by atoms with Gasteiger partial charge in [0.05, 0.1) is 12.2 Å². The summed E-state index contributed by atoms with van der Waals surface area (Å²) in [7, 11) is 0. The molecule has 0 aliphatic heterocycles. The highest BCUT2D eigenvalue weighted by molar-refractivity contribution is 5.66. The molecule has 1 aliphatic carbocycles. The van der Waals surface area contributed by atoms with Crippen molar-refractivity contribution in [2.45, 2.75) is 89.8 Å². The summed E-state index contributed by atoms with van der Waals surface area (Å²) in [5, 5.41) is 28.9. The van der Waals surface area contributed by atoms with Crippen molar-refractivity contribution in [3.8, 4) is 0 Å². The van der Waals surface area contributed by atoms with E-state index in [1.807, 2.05) is 12.2 Å². The highest BCUT2D eigenvalue weighted by Crippen LogP contribution is 2.36. The van der Waals surface area contributed by atoms with Gasteiger partial charge in [0.15, 0.2) is 0 Å². The molecule has 0 bridgehead atoms. The van der Waals surface area contributed by atoms with Gasteiger partial charge in [-0.15, -0.1) is 0 Å². The van der Waals surface area contributed by atoms with E-state index in [-0.39, 0.29) is 24.5 Å². The van der Waals surface area contributed by atoms with E-state index < -0.39 is 5.97 Å². The van der Waals surface area contributed by atoms with Crippen LogP contribution in [-0.2, 0) is 4.79 Å². The van der Waals surface area contributed by atoms with Gasteiger partial charge < -0.3 is 15.3 Å².